The van der Waals surface area contributed by atoms with Crippen molar-refractivity contribution in [1.29, 1.82) is 0 Å². The molecule has 0 aromatic heterocycles. The topological polar surface area (TPSA) is 41.1 Å². The SMILES string of the molecule is CC(=O)Nc1cc2c(cc1Nc1ccccc1)-c1ccccc1C2. The monoisotopic (exact) mass is 314 g/mol. The molecule has 0 saturated heterocycles. The van der Waals surface area contributed by atoms with Crippen LogP contribution in [0.5, 0.6) is 0 Å². The average molecular weight is 314 g/mol. The van der Waals surface area contributed by atoms with Crippen LogP contribution in [0.1, 0.15) is 18.1 Å². The molecule has 0 fully saturated rings. The maximum absolute atomic E-state index is 11.6. The summed E-state index contributed by atoms with van der Waals surface area (Å²) in [6.07, 6.45) is 0.906. The van der Waals surface area contributed by atoms with Crippen molar-refractivity contribution in [3.05, 3.63) is 77.9 Å². The second-order valence-electron chi connectivity index (χ2n) is 6.06. The molecular formula is C21H18N2O. The first kappa shape index (κ1) is 14.5. The number of anilines is 3. The minimum Gasteiger partial charge on any atom is -0.354 e. The number of amides is 1. The van der Waals surface area contributed by atoms with E-state index in [1.807, 2.05) is 30.3 Å². The number of para-hydroxylation sites is 1. The molecule has 0 aliphatic heterocycles. The van der Waals surface area contributed by atoms with Gasteiger partial charge in [-0.1, -0.05) is 42.5 Å². The Hall–Kier alpha value is -3.07. The molecule has 0 unspecified atom stereocenters. The van der Waals surface area contributed by atoms with E-state index in [1.165, 1.54) is 29.2 Å². The highest BCUT2D eigenvalue weighted by atomic mass is 16.1. The van der Waals surface area contributed by atoms with Gasteiger partial charge in [-0.25, -0.2) is 0 Å². The van der Waals surface area contributed by atoms with Gasteiger partial charge in [-0.2, -0.15) is 0 Å². The smallest absolute Gasteiger partial charge is 0.221 e. The van der Waals surface area contributed by atoms with Crippen molar-refractivity contribution in [1.82, 2.24) is 0 Å². The largest absolute Gasteiger partial charge is 0.354 e. The Bertz CT molecular complexity index is 916. The lowest BCUT2D eigenvalue weighted by molar-refractivity contribution is -0.114. The number of rotatable bonds is 3. The molecule has 0 heterocycles. The molecule has 4 rings (SSSR count). The molecule has 1 aliphatic rings. The van der Waals surface area contributed by atoms with Crippen LogP contribution in [0, 0.1) is 0 Å². The average Bonchev–Trinajstić information content (AvgIpc) is 2.93. The first-order chi connectivity index (χ1) is 11.7. The quantitative estimate of drug-likeness (QED) is 0.561. The van der Waals surface area contributed by atoms with Gasteiger partial charge < -0.3 is 10.6 Å². The molecule has 3 aromatic carbocycles. The van der Waals surface area contributed by atoms with Crippen LogP contribution in [-0.4, -0.2) is 5.91 Å². The molecule has 3 heteroatoms. The molecule has 0 atom stereocenters. The van der Waals surface area contributed by atoms with Crippen molar-refractivity contribution in [2.45, 2.75) is 13.3 Å². The molecule has 0 radical (unpaired) electrons. The van der Waals surface area contributed by atoms with Crippen molar-refractivity contribution in [2.75, 3.05) is 10.6 Å². The summed E-state index contributed by atoms with van der Waals surface area (Å²) in [5.41, 5.74) is 7.81. The summed E-state index contributed by atoms with van der Waals surface area (Å²) in [4.78, 5) is 11.6. The van der Waals surface area contributed by atoms with Crippen molar-refractivity contribution in [3.8, 4) is 11.1 Å². The molecular weight excluding hydrogens is 296 g/mol. The van der Waals surface area contributed by atoms with Gasteiger partial charge in [0.15, 0.2) is 0 Å². The van der Waals surface area contributed by atoms with Crippen LogP contribution in [0.2, 0.25) is 0 Å². The summed E-state index contributed by atoms with van der Waals surface area (Å²) in [6, 6.07) is 22.7. The van der Waals surface area contributed by atoms with E-state index in [2.05, 4.69) is 47.0 Å². The highest BCUT2D eigenvalue weighted by Crippen LogP contribution is 2.41. The molecule has 3 aromatic rings. The molecule has 118 valence electrons. The molecule has 2 N–H and O–H groups in total. The van der Waals surface area contributed by atoms with E-state index in [1.54, 1.807) is 0 Å². The van der Waals surface area contributed by atoms with E-state index in [0.29, 0.717) is 0 Å². The lowest BCUT2D eigenvalue weighted by Crippen LogP contribution is -2.08. The van der Waals surface area contributed by atoms with E-state index in [9.17, 15) is 4.79 Å². The fraction of sp³-hybridized carbons (Fsp3) is 0.0952. The first-order valence-corrected chi connectivity index (χ1v) is 8.05. The molecule has 1 amide bonds. The van der Waals surface area contributed by atoms with Crippen molar-refractivity contribution < 1.29 is 4.79 Å². The van der Waals surface area contributed by atoms with Crippen LogP contribution >= 0.6 is 0 Å². The Labute approximate surface area is 141 Å². The van der Waals surface area contributed by atoms with Gasteiger partial charge >= 0.3 is 0 Å². The van der Waals surface area contributed by atoms with Crippen LogP contribution in [0.15, 0.2) is 66.7 Å². The molecule has 0 bridgehead atoms. The van der Waals surface area contributed by atoms with E-state index in [4.69, 9.17) is 0 Å². The first-order valence-electron chi connectivity index (χ1n) is 8.05. The number of carbonyl (C=O) groups is 1. The van der Waals surface area contributed by atoms with Crippen LogP contribution < -0.4 is 10.6 Å². The van der Waals surface area contributed by atoms with Gasteiger partial charge in [0, 0.05) is 12.6 Å². The summed E-state index contributed by atoms with van der Waals surface area (Å²) < 4.78 is 0. The fourth-order valence-corrected chi connectivity index (χ4v) is 3.26. The molecule has 0 spiro atoms. The van der Waals surface area contributed by atoms with E-state index < -0.39 is 0 Å². The van der Waals surface area contributed by atoms with Gasteiger partial charge in [-0.15, -0.1) is 0 Å². The Balaban J connectivity index is 1.81. The Morgan fingerprint density at radius 3 is 2.38 bits per heavy atom. The van der Waals surface area contributed by atoms with Gasteiger partial charge in [0.25, 0.3) is 0 Å². The van der Waals surface area contributed by atoms with Gasteiger partial charge in [0.2, 0.25) is 5.91 Å². The van der Waals surface area contributed by atoms with Crippen LogP contribution in [0.4, 0.5) is 17.1 Å². The predicted molar refractivity (Wildman–Crippen MR) is 98.7 cm³/mol. The number of fused-ring (bicyclic) bond motifs is 3. The normalized spacial score (nSPS) is 11.5. The summed E-state index contributed by atoms with van der Waals surface area (Å²) in [5.74, 6) is -0.0680. The van der Waals surface area contributed by atoms with Crippen LogP contribution in [0.3, 0.4) is 0 Å². The lowest BCUT2D eigenvalue weighted by Gasteiger charge is -2.15. The zero-order chi connectivity index (χ0) is 16.5. The zero-order valence-corrected chi connectivity index (χ0v) is 13.5. The van der Waals surface area contributed by atoms with Crippen molar-refractivity contribution in [3.63, 3.8) is 0 Å². The molecule has 1 aliphatic carbocycles. The van der Waals surface area contributed by atoms with Crippen LogP contribution in [-0.2, 0) is 11.2 Å². The van der Waals surface area contributed by atoms with Crippen molar-refractivity contribution in [2.24, 2.45) is 0 Å². The van der Waals surface area contributed by atoms with Gasteiger partial charge in [-0.3, -0.25) is 4.79 Å². The lowest BCUT2D eigenvalue weighted by atomic mass is 10.0. The van der Waals surface area contributed by atoms with Crippen LogP contribution in [0.25, 0.3) is 11.1 Å². The molecule has 24 heavy (non-hydrogen) atoms. The maximum Gasteiger partial charge on any atom is 0.221 e. The summed E-state index contributed by atoms with van der Waals surface area (Å²) in [5, 5.41) is 6.37. The van der Waals surface area contributed by atoms with Crippen molar-refractivity contribution >= 4 is 23.0 Å². The number of carbonyl (C=O) groups excluding carboxylic acids is 1. The minimum absolute atomic E-state index is 0.0680. The summed E-state index contributed by atoms with van der Waals surface area (Å²) in [6.45, 7) is 1.54. The molecule has 0 saturated carbocycles. The summed E-state index contributed by atoms with van der Waals surface area (Å²) >= 11 is 0. The maximum atomic E-state index is 11.6. The van der Waals surface area contributed by atoms with E-state index in [0.717, 1.165) is 23.5 Å². The predicted octanol–water partition coefficient (Wildman–Crippen LogP) is 4.96. The second-order valence-corrected chi connectivity index (χ2v) is 6.06. The Morgan fingerprint density at radius 2 is 1.58 bits per heavy atom. The zero-order valence-electron chi connectivity index (χ0n) is 13.5. The second kappa shape index (κ2) is 5.85. The number of benzene rings is 3. The summed E-state index contributed by atoms with van der Waals surface area (Å²) in [7, 11) is 0. The number of hydrogen-bond acceptors (Lipinski definition) is 2. The third kappa shape index (κ3) is 2.65. The van der Waals surface area contributed by atoms with E-state index in [-0.39, 0.29) is 5.91 Å². The van der Waals surface area contributed by atoms with E-state index >= 15 is 0 Å². The fourth-order valence-electron chi connectivity index (χ4n) is 3.26. The molecule has 3 nitrogen and oxygen atoms in total. The Morgan fingerprint density at radius 1 is 0.833 bits per heavy atom. The standard InChI is InChI=1S/C21H18N2O/c1-14(24)22-20-12-16-11-15-7-5-6-10-18(15)19(16)13-21(20)23-17-8-3-2-4-9-17/h2-10,12-13,23H,11H2,1H3,(H,22,24). The third-order valence-corrected chi connectivity index (χ3v) is 4.30. The van der Waals surface area contributed by atoms with Gasteiger partial charge in [0.05, 0.1) is 11.4 Å². The number of hydrogen-bond donors (Lipinski definition) is 2. The Kier molecular flexibility index (Phi) is 3.54. The minimum atomic E-state index is -0.0680. The third-order valence-electron chi connectivity index (χ3n) is 4.30. The van der Waals surface area contributed by atoms with Gasteiger partial charge in [-0.05, 0) is 52.9 Å². The number of nitrogens with one attached hydrogen (secondary N) is 2. The highest BCUT2D eigenvalue weighted by molar-refractivity contribution is 5.96. The highest BCUT2D eigenvalue weighted by Gasteiger charge is 2.20. The van der Waals surface area contributed by atoms with Gasteiger partial charge in [0.1, 0.15) is 0 Å².